The second kappa shape index (κ2) is 6.43. The molecule has 0 aliphatic heterocycles. The Balaban J connectivity index is 2.67. The maximum Gasteiger partial charge on any atom is 0.253 e. The van der Waals surface area contributed by atoms with E-state index in [0.717, 1.165) is 18.4 Å². The lowest BCUT2D eigenvalue weighted by Crippen LogP contribution is -2.34. The number of nitrogens with one attached hydrogen (secondary N) is 1. The topological polar surface area (TPSA) is 55.1 Å². The number of nitrogen functional groups attached to an aromatic ring is 1. The van der Waals surface area contributed by atoms with Crippen LogP contribution in [0.5, 0.6) is 0 Å². The molecule has 18 heavy (non-hydrogen) atoms. The van der Waals surface area contributed by atoms with Gasteiger partial charge in [0.05, 0.1) is 5.56 Å². The number of rotatable bonds is 5. The molecular formula is C15H24N2O. The highest BCUT2D eigenvalue weighted by Crippen LogP contribution is 2.15. The van der Waals surface area contributed by atoms with Crippen molar-refractivity contribution >= 4 is 11.6 Å². The van der Waals surface area contributed by atoms with Gasteiger partial charge < -0.3 is 11.1 Å². The Morgan fingerprint density at radius 1 is 1.39 bits per heavy atom. The van der Waals surface area contributed by atoms with E-state index in [4.69, 9.17) is 5.73 Å². The minimum absolute atomic E-state index is 0.0768. The summed E-state index contributed by atoms with van der Waals surface area (Å²) in [5, 5.41) is 3.01. The number of amides is 1. The zero-order valence-corrected chi connectivity index (χ0v) is 11.8. The zero-order valence-electron chi connectivity index (χ0n) is 11.8. The average Bonchev–Trinajstić information content (AvgIpc) is 2.31. The summed E-state index contributed by atoms with van der Waals surface area (Å²) in [6.07, 6.45) is 2.13. The van der Waals surface area contributed by atoms with Crippen molar-refractivity contribution in [2.45, 2.75) is 46.6 Å². The monoisotopic (exact) mass is 248 g/mol. The van der Waals surface area contributed by atoms with Gasteiger partial charge in [-0.05, 0) is 38.3 Å². The van der Waals surface area contributed by atoms with Gasteiger partial charge in [0.2, 0.25) is 0 Å². The highest BCUT2D eigenvalue weighted by Gasteiger charge is 2.14. The summed E-state index contributed by atoms with van der Waals surface area (Å²) in [7, 11) is 0. The van der Waals surface area contributed by atoms with Crippen molar-refractivity contribution in [2.24, 2.45) is 5.92 Å². The lowest BCUT2D eigenvalue weighted by molar-refractivity contribution is 0.0936. The van der Waals surface area contributed by atoms with Crippen LogP contribution in [0.4, 0.5) is 5.69 Å². The van der Waals surface area contributed by atoms with Gasteiger partial charge in [0.1, 0.15) is 0 Å². The lowest BCUT2D eigenvalue weighted by atomic mass is 10.00. The van der Waals surface area contributed by atoms with E-state index < -0.39 is 0 Å². The van der Waals surface area contributed by atoms with Crippen LogP contribution in [-0.2, 0) is 0 Å². The highest BCUT2D eigenvalue weighted by atomic mass is 16.1. The van der Waals surface area contributed by atoms with E-state index in [1.54, 1.807) is 6.07 Å². The standard InChI is InChI=1S/C15H24N2O/c1-5-10(2)8-12(4)17-15(18)13-9-11(3)6-7-14(13)16/h6-7,9-10,12H,5,8,16H2,1-4H3,(H,17,18). The van der Waals surface area contributed by atoms with Gasteiger partial charge in [-0.1, -0.05) is 31.9 Å². The summed E-state index contributed by atoms with van der Waals surface area (Å²) < 4.78 is 0. The molecule has 3 N–H and O–H groups in total. The number of hydrogen-bond donors (Lipinski definition) is 2. The van der Waals surface area contributed by atoms with Gasteiger partial charge >= 0.3 is 0 Å². The predicted molar refractivity (Wildman–Crippen MR) is 76.6 cm³/mol. The first-order chi connectivity index (χ1) is 8.43. The van der Waals surface area contributed by atoms with Crippen molar-refractivity contribution < 1.29 is 4.79 Å². The fourth-order valence-corrected chi connectivity index (χ4v) is 2.00. The summed E-state index contributed by atoms with van der Waals surface area (Å²) in [4.78, 5) is 12.1. The fraction of sp³-hybridized carbons (Fsp3) is 0.533. The van der Waals surface area contributed by atoms with E-state index in [1.165, 1.54) is 0 Å². The minimum Gasteiger partial charge on any atom is -0.398 e. The molecule has 100 valence electrons. The molecule has 1 rings (SSSR count). The van der Waals surface area contributed by atoms with Crippen LogP contribution in [0.2, 0.25) is 0 Å². The summed E-state index contributed by atoms with van der Waals surface area (Å²) in [5.41, 5.74) is 7.99. The zero-order chi connectivity index (χ0) is 13.7. The van der Waals surface area contributed by atoms with Crippen LogP contribution in [0.3, 0.4) is 0 Å². The van der Waals surface area contributed by atoms with Crippen molar-refractivity contribution in [3.8, 4) is 0 Å². The SMILES string of the molecule is CCC(C)CC(C)NC(=O)c1cc(C)ccc1N. The Kier molecular flexibility index (Phi) is 5.20. The Bertz CT molecular complexity index is 415. The van der Waals surface area contributed by atoms with Gasteiger partial charge in [-0.25, -0.2) is 0 Å². The molecule has 1 aromatic carbocycles. The van der Waals surface area contributed by atoms with Crippen molar-refractivity contribution in [3.05, 3.63) is 29.3 Å². The third-order valence-electron chi connectivity index (χ3n) is 3.28. The first-order valence-corrected chi connectivity index (χ1v) is 6.61. The van der Waals surface area contributed by atoms with E-state index >= 15 is 0 Å². The van der Waals surface area contributed by atoms with Crippen LogP contribution in [0.25, 0.3) is 0 Å². The van der Waals surface area contributed by atoms with Crippen LogP contribution in [-0.4, -0.2) is 11.9 Å². The van der Waals surface area contributed by atoms with E-state index in [1.807, 2.05) is 26.0 Å². The van der Waals surface area contributed by atoms with Gasteiger partial charge in [0.15, 0.2) is 0 Å². The van der Waals surface area contributed by atoms with Crippen molar-refractivity contribution in [1.82, 2.24) is 5.32 Å². The molecule has 2 atom stereocenters. The van der Waals surface area contributed by atoms with Crippen molar-refractivity contribution in [1.29, 1.82) is 0 Å². The van der Waals surface area contributed by atoms with Gasteiger partial charge in [-0.15, -0.1) is 0 Å². The van der Waals surface area contributed by atoms with Crippen LogP contribution in [0, 0.1) is 12.8 Å². The number of anilines is 1. The number of hydrogen-bond acceptors (Lipinski definition) is 2. The molecule has 1 aromatic rings. The Hall–Kier alpha value is -1.51. The van der Waals surface area contributed by atoms with Gasteiger partial charge in [-0.3, -0.25) is 4.79 Å². The molecule has 0 heterocycles. The second-order valence-corrected chi connectivity index (χ2v) is 5.21. The van der Waals surface area contributed by atoms with E-state index in [9.17, 15) is 4.79 Å². The minimum atomic E-state index is -0.0768. The summed E-state index contributed by atoms with van der Waals surface area (Å²) in [5.74, 6) is 0.544. The van der Waals surface area contributed by atoms with Crippen molar-refractivity contribution in [3.63, 3.8) is 0 Å². The number of carbonyl (C=O) groups excluding carboxylic acids is 1. The second-order valence-electron chi connectivity index (χ2n) is 5.21. The molecule has 0 spiro atoms. The Morgan fingerprint density at radius 3 is 2.67 bits per heavy atom. The smallest absolute Gasteiger partial charge is 0.253 e. The maximum atomic E-state index is 12.1. The van der Waals surface area contributed by atoms with Gasteiger partial charge in [0.25, 0.3) is 5.91 Å². The molecule has 2 unspecified atom stereocenters. The van der Waals surface area contributed by atoms with E-state index in [0.29, 0.717) is 17.2 Å². The fourth-order valence-electron chi connectivity index (χ4n) is 2.00. The quantitative estimate of drug-likeness (QED) is 0.787. The number of benzene rings is 1. The molecular weight excluding hydrogens is 224 g/mol. The first kappa shape index (κ1) is 14.6. The molecule has 0 aliphatic carbocycles. The Morgan fingerprint density at radius 2 is 2.06 bits per heavy atom. The molecule has 0 aliphatic rings. The first-order valence-electron chi connectivity index (χ1n) is 6.61. The van der Waals surface area contributed by atoms with Gasteiger partial charge in [-0.2, -0.15) is 0 Å². The lowest BCUT2D eigenvalue weighted by Gasteiger charge is -2.18. The number of aryl methyl sites for hydroxylation is 1. The normalized spacial score (nSPS) is 14.0. The highest BCUT2D eigenvalue weighted by molar-refractivity contribution is 5.99. The average molecular weight is 248 g/mol. The molecule has 0 radical (unpaired) electrons. The molecule has 3 heteroatoms. The summed E-state index contributed by atoms with van der Waals surface area (Å²) in [6, 6.07) is 5.70. The van der Waals surface area contributed by atoms with Crippen LogP contribution >= 0.6 is 0 Å². The molecule has 0 aromatic heterocycles. The Labute approximate surface area is 110 Å². The molecule has 1 amide bonds. The molecule has 0 saturated heterocycles. The van der Waals surface area contributed by atoms with Gasteiger partial charge in [0, 0.05) is 11.7 Å². The summed E-state index contributed by atoms with van der Waals surface area (Å²) >= 11 is 0. The number of carbonyl (C=O) groups is 1. The summed E-state index contributed by atoms with van der Waals surface area (Å²) in [6.45, 7) is 8.36. The molecule has 3 nitrogen and oxygen atoms in total. The third kappa shape index (κ3) is 4.06. The number of nitrogens with two attached hydrogens (primary N) is 1. The molecule has 0 fully saturated rings. The van der Waals surface area contributed by atoms with E-state index in [2.05, 4.69) is 19.2 Å². The molecule has 0 bridgehead atoms. The van der Waals surface area contributed by atoms with Crippen molar-refractivity contribution in [2.75, 3.05) is 5.73 Å². The van der Waals surface area contributed by atoms with Crippen LogP contribution in [0.15, 0.2) is 18.2 Å². The molecule has 0 saturated carbocycles. The predicted octanol–water partition coefficient (Wildman–Crippen LogP) is 3.13. The van der Waals surface area contributed by atoms with E-state index in [-0.39, 0.29) is 11.9 Å². The largest absolute Gasteiger partial charge is 0.398 e. The maximum absolute atomic E-state index is 12.1. The van der Waals surface area contributed by atoms with Crippen LogP contribution in [0.1, 0.15) is 49.5 Å². The third-order valence-corrected chi connectivity index (χ3v) is 3.28. The van der Waals surface area contributed by atoms with Crippen LogP contribution < -0.4 is 11.1 Å².